The van der Waals surface area contributed by atoms with Crippen LogP contribution in [0.2, 0.25) is 0 Å². The summed E-state index contributed by atoms with van der Waals surface area (Å²) in [5.41, 5.74) is 4.90. The molecule has 1 atom stereocenters. The lowest BCUT2D eigenvalue weighted by molar-refractivity contribution is -0.115. The third-order valence-electron chi connectivity index (χ3n) is 4.83. The molecule has 3 nitrogen and oxygen atoms in total. The summed E-state index contributed by atoms with van der Waals surface area (Å²) in [5.74, 6) is -0.0390. The SMILES string of the molecule is Cc1ccc(C)c(NC(=O)C(Sc2cccc3cccnc23)c2ccccc2)c1. The maximum absolute atomic E-state index is 13.4. The highest BCUT2D eigenvalue weighted by Gasteiger charge is 2.23. The maximum Gasteiger partial charge on any atom is 0.242 e. The molecule has 0 bridgehead atoms. The summed E-state index contributed by atoms with van der Waals surface area (Å²) in [7, 11) is 0. The summed E-state index contributed by atoms with van der Waals surface area (Å²) >= 11 is 1.53. The highest BCUT2D eigenvalue weighted by atomic mass is 32.2. The predicted octanol–water partition coefficient (Wildman–Crippen LogP) is 6.32. The molecule has 0 aliphatic carbocycles. The fourth-order valence-electron chi connectivity index (χ4n) is 3.27. The van der Waals surface area contributed by atoms with Crippen LogP contribution >= 0.6 is 11.8 Å². The highest BCUT2D eigenvalue weighted by molar-refractivity contribution is 8.00. The van der Waals surface area contributed by atoms with Crippen molar-refractivity contribution in [2.45, 2.75) is 24.0 Å². The van der Waals surface area contributed by atoms with E-state index in [9.17, 15) is 4.79 Å². The van der Waals surface area contributed by atoms with Gasteiger partial charge in [-0.05, 0) is 48.7 Å². The summed E-state index contributed by atoms with van der Waals surface area (Å²) in [5, 5.41) is 3.82. The minimum Gasteiger partial charge on any atom is -0.325 e. The van der Waals surface area contributed by atoms with Crippen LogP contribution in [0.15, 0.2) is 90.0 Å². The second kappa shape index (κ2) is 8.50. The number of nitrogens with one attached hydrogen (secondary N) is 1. The number of benzene rings is 3. The van der Waals surface area contributed by atoms with E-state index in [1.165, 1.54) is 11.8 Å². The number of rotatable bonds is 5. The molecule has 0 saturated heterocycles. The van der Waals surface area contributed by atoms with E-state index in [0.717, 1.165) is 38.2 Å². The van der Waals surface area contributed by atoms with Crippen molar-refractivity contribution in [3.8, 4) is 0 Å². The highest BCUT2D eigenvalue weighted by Crippen LogP contribution is 2.39. The van der Waals surface area contributed by atoms with Gasteiger partial charge in [0, 0.05) is 22.2 Å². The van der Waals surface area contributed by atoms with Crippen molar-refractivity contribution in [3.05, 3.63) is 102 Å². The molecule has 0 fully saturated rings. The maximum atomic E-state index is 13.4. The zero-order valence-electron chi connectivity index (χ0n) is 16.4. The number of thioether (sulfide) groups is 1. The fourth-order valence-corrected chi connectivity index (χ4v) is 4.42. The van der Waals surface area contributed by atoms with E-state index < -0.39 is 0 Å². The molecule has 4 heteroatoms. The molecule has 0 radical (unpaired) electrons. The molecule has 1 unspecified atom stereocenters. The minimum absolute atomic E-state index is 0.0390. The summed E-state index contributed by atoms with van der Waals surface area (Å²) in [6.07, 6.45) is 1.79. The molecule has 0 saturated carbocycles. The Bertz CT molecular complexity index is 1150. The first kappa shape index (κ1) is 19.2. The number of aryl methyl sites for hydroxylation is 2. The van der Waals surface area contributed by atoms with E-state index in [-0.39, 0.29) is 11.2 Å². The average molecular weight is 399 g/mol. The van der Waals surface area contributed by atoms with Gasteiger partial charge in [0.2, 0.25) is 5.91 Å². The van der Waals surface area contributed by atoms with Crippen molar-refractivity contribution in [3.63, 3.8) is 0 Å². The smallest absolute Gasteiger partial charge is 0.242 e. The second-order valence-electron chi connectivity index (χ2n) is 7.05. The molecule has 1 amide bonds. The van der Waals surface area contributed by atoms with Gasteiger partial charge in [-0.15, -0.1) is 11.8 Å². The van der Waals surface area contributed by atoms with E-state index in [1.807, 2.05) is 86.6 Å². The Balaban J connectivity index is 1.70. The number of nitrogens with zero attached hydrogens (tertiary/aromatic N) is 1. The first-order chi connectivity index (χ1) is 14.1. The molecule has 1 aromatic heterocycles. The number of carbonyl (C=O) groups is 1. The van der Waals surface area contributed by atoms with Crippen LogP contribution in [0.3, 0.4) is 0 Å². The molecule has 29 heavy (non-hydrogen) atoms. The summed E-state index contributed by atoms with van der Waals surface area (Å²) < 4.78 is 0. The summed E-state index contributed by atoms with van der Waals surface area (Å²) in [6, 6.07) is 26.0. The normalized spacial score (nSPS) is 11.9. The number of hydrogen-bond acceptors (Lipinski definition) is 3. The van der Waals surface area contributed by atoms with Crippen molar-refractivity contribution in [2.24, 2.45) is 0 Å². The molecule has 1 N–H and O–H groups in total. The molecule has 0 aliphatic heterocycles. The molecule has 1 heterocycles. The Morgan fingerprint density at radius 2 is 1.72 bits per heavy atom. The average Bonchev–Trinajstić information content (AvgIpc) is 2.75. The Labute approximate surface area is 175 Å². The number of para-hydroxylation sites is 1. The van der Waals surface area contributed by atoms with Crippen LogP contribution < -0.4 is 5.32 Å². The van der Waals surface area contributed by atoms with Gasteiger partial charge in [0.15, 0.2) is 0 Å². The predicted molar refractivity (Wildman–Crippen MR) is 121 cm³/mol. The first-order valence-corrected chi connectivity index (χ1v) is 10.4. The van der Waals surface area contributed by atoms with Gasteiger partial charge in [-0.25, -0.2) is 0 Å². The Morgan fingerprint density at radius 1 is 0.931 bits per heavy atom. The Hall–Kier alpha value is -3.11. The third-order valence-corrected chi connectivity index (χ3v) is 6.14. The van der Waals surface area contributed by atoms with Crippen molar-refractivity contribution >= 4 is 34.3 Å². The topological polar surface area (TPSA) is 42.0 Å². The third kappa shape index (κ3) is 4.33. The van der Waals surface area contributed by atoms with Crippen molar-refractivity contribution in [1.82, 2.24) is 4.98 Å². The van der Waals surface area contributed by atoms with Crippen LogP contribution in [0.1, 0.15) is 21.9 Å². The lowest BCUT2D eigenvalue weighted by Gasteiger charge is -2.19. The minimum atomic E-state index is -0.385. The van der Waals surface area contributed by atoms with Gasteiger partial charge in [0.25, 0.3) is 0 Å². The fraction of sp³-hybridized carbons (Fsp3) is 0.120. The van der Waals surface area contributed by atoms with Crippen LogP contribution in [-0.4, -0.2) is 10.9 Å². The Kier molecular flexibility index (Phi) is 5.63. The molecular weight excluding hydrogens is 376 g/mol. The molecule has 0 aliphatic rings. The Morgan fingerprint density at radius 3 is 2.55 bits per heavy atom. The largest absolute Gasteiger partial charge is 0.325 e. The summed E-state index contributed by atoms with van der Waals surface area (Å²) in [6.45, 7) is 4.04. The van der Waals surface area contributed by atoms with Crippen LogP contribution in [0.25, 0.3) is 10.9 Å². The van der Waals surface area contributed by atoms with Crippen LogP contribution in [0.5, 0.6) is 0 Å². The van der Waals surface area contributed by atoms with Crippen molar-refractivity contribution < 1.29 is 4.79 Å². The van der Waals surface area contributed by atoms with Crippen LogP contribution in [0, 0.1) is 13.8 Å². The van der Waals surface area contributed by atoms with Gasteiger partial charge >= 0.3 is 0 Å². The standard InChI is InChI=1S/C25H22N2OS/c1-17-13-14-18(2)21(16-17)27-25(28)24(20-8-4-3-5-9-20)29-22-12-6-10-19-11-7-15-26-23(19)22/h3-16,24H,1-2H3,(H,27,28). The van der Waals surface area contributed by atoms with Gasteiger partial charge in [-0.3, -0.25) is 9.78 Å². The van der Waals surface area contributed by atoms with E-state index >= 15 is 0 Å². The van der Waals surface area contributed by atoms with Crippen LogP contribution in [0.4, 0.5) is 5.69 Å². The van der Waals surface area contributed by atoms with Gasteiger partial charge in [-0.1, -0.05) is 60.7 Å². The molecule has 4 rings (SSSR count). The second-order valence-corrected chi connectivity index (χ2v) is 8.19. The molecule has 0 spiro atoms. The first-order valence-electron chi connectivity index (χ1n) is 9.55. The number of amides is 1. The number of hydrogen-bond donors (Lipinski definition) is 1. The molecular formula is C25H22N2OS. The number of carbonyl (C=O) groups excluding carboxylic acids is 1. The van der Waals surface area contributed by atoms with E-state index in [1.54, 1.807) is 6.20 Å². The number of aromatic nitrogens is 1. The van der Waals surface area contributed by atoms with E-state index in [0.29, 0.717) is 0 Å². The molecule has 4 aromatic rings. The number of pyridine rings is 1. The van der Waals surface area contributed by atoms with Crippen molar-refractivity contribution in [2.75, 3.05) is 5.32 Å². The van der Waals surface area contributed by atoms with Gasteiger partial charge < -0.3 is 5.32 Å². The monoisotopic (exact) mass is 398 g/mol. The quantitative estimate of drug-likeness (QED) is 0.400. The summed E-state index contributed by atoms with van der Waals surface area (Å²) in [4.78, 5) is 18.9. The number of fused-ring (bicyclic) bond motifs is 1. The zero-order valence-corrected chi connectivity index (χ0v) is 17.2. The van der Waals surface area contributed by atoms with E-state index in [4.69, 9.17) is 0 Å². The lowest BCUT2D eigenvalue weighted by Crippen LogP contribution is -2.19. The van der Waals surface area contributed by atoms with E-state index in [2.05, 4.69) is 16.4 Å². The molecule has 144 valence electrons. The van der Waals surface area contributed by atoms with Gasteiger partial charge in [-0.2, -0.15) is 0 Å². The van der Waals surface area contributed by atoms with Gasteiger partial charge in [0.1, 0.15) is 5.25 Å². The number of anilines is 1. The van der Waals surface area contributed by atoms with Crippen molar-refractivity contribution in [1.29, 1.82) is 0 Å². The van der Waals surface area contributed by atoms with Gasteiger partial charge in [0.05, 0.1) is 5.52 Å². The molecule has 3 aromatic carbocycles. The lowest BCUT2D eigenvalue weighted by atomic mass is 10.1. The van der Waals surface area contributed by atoms with Crippen LogP contribution in [-0.2, 0) is 4.79 Å². The zero-order chi connectivity index (χ0) is 20.2.